The van der Waals surface area contributed by atoms with E-state index in [2.05, 4.69) is 20.9 Å². The normalized spacial score (nSPS) is 33.2. The number of hydrogen-bond donors (Lipinski definition) is 1. The third-order valence-corrected chi connectivity index (χ3v) is 6.36. The molecule has 1 fully saturated rings. The molecule has 1 aromatic rings. The van der Waals surface area contributed by atoms with Gasteiger partial charge in [0.2, 0.25) is 0 Å². The Hall–Kier alpha value is -1.77. The van der Waals surface area contributed by atoms with Gasteiger partial charge in [-0.05, 0) is 43.9 Å². The maximum Gasteiger partial charge on any atom is 0.391 e. The zero-order valence-electron chi connectivity index (χ0n) is 14.6. The lowest BCUT2D eigenvalue weighted by Gasteiger charge is -2.48. The number of aliphatic imine (C=N–C) groups is 1. The summed E-state index contributed by atoms with van der Waals surface area (Å²) in [5.41, 5.74) is 4.01. The summed E-state index contributed by atoms with van der Waals surface area (Å²) in [4.78, 5) is 18.8. The van der Waals surface area contributed by atoms with E-state index in [-0.39, 0.29) is 31.1 Å². The third-order valence-electron chi connectivity index (χ3n) is 5.87. The molecule has 4 rings (SSSR count). The fourth-order valence-corrected chi connectivity index (χ4v) is 4.95. The number of alkyl halides is 3. The summed E-state index contributed by atoms with van der Waals surface area (Å²) in [6.07, 6.45) is -3.50. The number of nitrogens with two attached hydrogens (primary N) is 1. The van der Waals surface area contributed by atoms with Gasteiger partial charge in [-0.1, -0.05) is 15.9 Å². The Labute approximate surface area is 162 Å². The Bertz CT molecular complexity index is 844. The molecule has 1 aliphatic carbocycles. The van der Waals surface area contributed by atoms with Gasteiger partial charge in [-0.2, -0.15) is 13.2 Å². The van der Waals surface area contributed by atoms with Gasteiger partial charge in [-0.3, -0.25) is 9.69 Å². The molecule has 27 heavy (non-hydrogen) atoms. The highest BCUT2D eigenvalue weighted by Crippen LogP contribution is 2.55. The Kier molecular flexibility index (Phi) is 4.04. The van der Waals surface area contributed by atoms with Crippen molar-refractivity contribution < 1.29 is 22.7 Å². The Morgan fingerprint density at radius 2 is 2.15 bits per heavy atom. The smallest absolute Gasteiger partial charge is 0.391 e. The van der Waals surface area contributed by atoms with E-state index in [0.29, 0.717) is 24.2 Å². The average molecular weight is 446 g/mol. The molecule has 3 unspecified atom stereocenters. The molecule has 3 aliphatic rings. The molecule has 0 bridgehead atoms. The van der Waals surface area contributed by atoms with Gasteiger partial charge in [0, 0.05) is 23.5 Å². The van der Waals surface area contributed by atoms with E-state index in [9.17, 15) is 18.0 Å². The quantitative estimate of drug-likeness (QED) is 0.661. The lowest BCUT2D eigenvalue weighted by molar-refractivity contribution is -0.201. The van der Waals surface area contributed by atoms with Crippen molar-refractivity contribution in [2.45, 2.75) is 49.4 Å². The van der Waals surface area contributed by atoms with Crippen LogP contribution in [0.1, 0.15) is 37.7 Å². The number of likely N-dealkylation sites (N-methyl/N-ethyl adjacent to an activating group) is 1. The number of carbonyl (C=O) groups is 1. The number of halogens is 4. The number of nitrogens with zero attached hydrogens (tertiary/aromatic N) is 2. The molecule has 0 aromatic heterocycles. The summed E-state index contributed by atoms with van der Waals surface area (Å²) >= 11 is 3.39. The molecule has 5 nitrogen and oxygen atoms in total. The predicted molar refractivity (Wildman–Crippen MR) is 96.2 cm³/mol. The van der Waals surface area contributed by atoms with E-state index in [4.69, 9.17) is 10.5 Å². The highest BCUT2D eigenvalue weighted by molar-refractivity contribution is 9.10. The standard InChI is InChI=1S/C18H19BrF3N3O2/c1-25-14(26)17(24-15(25)23)9-16(6-2-3-10(8-16)18(20,21)22)27-13-5-4-11(19)7-12(13)17/h4-5,7,10H,2-3,6,8-9H2,1H3,(H2,23,24). The largest absolute Gasteiger partial charge is 0.487 e. The van der Waals surface area contributed by atoms with E-state index in [1.54, 1.807) is 18.2 Å². The van der Waals surface area contributed by atoms with Crippen molar-refractivity contribution in [3.05, 3.63) is 28.2 Å². The summed E-state index contributed by atoms with van der Waals surface area (Å²) in [6.45, 7) is 0. The third kappa shape index (κ3) is 2.81. The molecule has 3 atom stereocenters. The van der Waals surface area contributed by atoms with E-state index in [1.165, 1.54) is 11.9 Å². The molecule has 1 aromatic carbocycles. The first kappa shape index (κ1) is 18.6. The van der Waals surface area contributed by atoms with Crippen LogP contribution in [-0.4, -0.2) is 35.6 Å². The number of rotatable bonds is 0. The topological polar surface area (TPSA) is 67.9 Å². The molecule has 9 heteroatoms. The molecule has 2 spiro atoms. The van der Waals surface area contributed by atoms with Crippen LogP contribution in [0.4, 0.5) is 13.2 Å². The van der Waals surface area contributed by atoms with Crippen LogP contribution in [0.3, 0.4) is 0 Å². The minimum atomic E-state index is -4.29. The molecule has 1 amide bonds. The first-order chi connectivity index (χ1) is 12.6. The Morgan fingerprint density at radius 3 is 2.78 bits per heavy atom. The van der Waals surface area contributed by atoms with Gasteiger partial charge in [0.1, 0.15) is 11.4 Å². The molecule has 0 saturated heterocycles. The van der Waals surface area contributed by atoms with Crippen LogP contribution in [0.15, 0.2) is 27.7 Å². The SMILES string of the molecule is CN1C(=O)C2(CC3(CCCC(C(F)(F)F)C3)Oc3ccc(Br)cc32)N=C1N. The van der Waals surface area contributed by atoms with Gasteiger partial charge in [0.15, 0.2) is 11.5 Å². The van der Waals surface area contributed by atoms with Gasteiger partial charge in [-0.15, -0.1) is 0 Å². The maximum atomic E-state index is 13.4. The fourth-order valence-electron chi connectivity index (χ4n) is 4.59. The molecule has 0 radical (unpaired) electrons. The van der Waals surface area contributed by atoms with E-state index >= 15 is 0 Å². The van der Waals surface area contributed by atoms with Crippen molar-refractivity contribution in [2.75, 3.05) is 7.05 Å². The van der Waals surface area contributed by atoms with Crippen LogP contribution in [0.25, 0.3) is 0 Å². The van der Waals surface area contributed by atoms with Crippen LogP contribution >= 0.6 is 15.9 Å². The first-order valence-corrected chi connectivity index (χ1v) is 9.55. The lowest BCUT2D eigenvalue weighted by atomic mass is 9.68. The lowest BCUT2D eigenvalue weighted by Crippen LogP contribution is -2.54. The molecule has 2 aliphatic heterocycles. The van der Waals surface area contributed by atoms with E-state index in [0.717, 1.165) is 4.47 Å². The zero-order valence-corrected chi connectivity index (χ0v) is 16.2. The first-order valence-electron chi connectivity index (χ1n) is 8.76. The Balaban J connectivity index is 1.84. The Morgan fingerprint density at radius 1 is 1.41 bits per heavy atom. The fraction of sp³-hybridized carbons (Fsp3) is 0.556. The van der Waals surface area contributed by atoms with Crippen molar-refractivity contribution >= 4 is 27.8 Å². The molecule has 2 N–H and O–H groups in total. The molecule has 146 valence electrons. The number of fused-ring (bicyclic) bond motifs is 2. The molecule has 1 saturated carbocycles. The van der Waals surface area contributed by atoms with Crippen LogP contribution in [0, 0.1) is 5.92 Å². The highest BCUT2D eigenvalue weighted by Gasteiger charge is 2.60. The highest BCUT2D eigenvalue weighted by atomic mass is 79.9. The van der Waals surface area contributed by atoms with E-state index < -0.39 is 23.2 Å². The van der Waals surface area contributed by atoms with Crippen molar-refractivity contribution in [1.82, 2.24) is 4.90 Å². The number of carbonyl (C=O) groups excluding carboxylic acids is 1. The second-order valence-electron chi connectivity index (χ2n) is 7.63. The minimum Gasteiger partial charge on any atom is -0.487 e. The number of benzene rings is 1. The predicted octanol–water partition coefficient (Wildman–Crippen LogP) is 3.70. The van der Waals surface area contributed by atoms with Gasteiger partial charge >= 0.3 is 6.18 Å². The van der Waals surface area contributed by atoms with Gasteiger partial charge < -0.3 is 10.5 Å². The minimum absolute atomic E-state index is 0.0555. The van der Waals surface area contributed by atoms with Crippen LogP contribution in [0.5, 0.6) is 5.75 Å². The summed E-state index contributed by atoms with van der Waals surface area (Å²) < 4.78 is 47.1. The van der Waals surface area contributed by atoms with Crippen molar-refractivity contribution in [3.8, 4) is 5.75 Å². The molecular weight excluding hydrogens is 427 g/mol. The molecule has 2 heterocycles. The van der Waals surface area contributed by atoms with Gasteiger partial charge in [0.25, 0.3) is 5.91 Å². The summed E-state index contributed by atoms with van der Waals surface area (Å²) in [7, 11) is 1.52. The van der Waals surface area contributed by atoms with E-state index in [1.807, 2.05) is 0 Å². The second kappa shape index (κ2) is 5.86. The summed E-state index contributed by atoms with van der Waals surface area (Å²) in [5.74, 6) is -1.33. The number of guanidine groups is 1. The van der Waals surface area contributed by atoms with Crippen LogP contribution in [0.2, 0.25) is 0 Å². The van der Waals surface area contributed by atoms with Gasteiger partial charge in [0.05, 0.1) is 5.92 Å². The summed E-state index contributed by atoms with van der Waals surface area (Å²) in [5, 5.41) is 0. The van der Waals surface area contributed by atoms with Gasteiger partial charge in [-0.25, -0.2) is 4.99 Å². The van der Waals surface area contributed by atoms with Crippen molar-refractivity contribution in [3.63, 3.8) is 0 Å². The number of amides is 1. The maximum absolute atomic E-state index is 13.4. The number of ether oxygens (including phenoxy) is 1. The number of hydrogen-bond acceptors (Lipinski definition) is 4. The summed E-state index contributed by atoms with van der Waals surface area (Å²) in [6, 6.07) is 5.16. The van der Waals surface area contributed by atoms with Crippen molar-refractivity contribution in [2.24, 2.45) is 16.6 Å². The molecular formula is C18H19BrF3N3O2. The van der Waals surface area contributed by atoms with Crippen molar-refractivity contribution in [1.29, 1.82) is 0 Å². The van der Waals surface area contributed by atoms with Crippen LogP contribution in [-0.2, 0) is 10.3 Å². The zero-order chi connectivity index (χ0) is 19.6. The monoisotopic (exact) mass is 445 g/mol. The second-order valence-corrected chi connectivity index (χ2v) is 8.55. The van der Waals surface area contributed by atoms with Crippen LogP contribution < -0.4 is 10.5 Å². The average Bonchev–Trinajstić information content (AvgIpc) is 2.79.